The van der Waals surface area contributed by atoms with E-state index < -0.39 is 0 Å². The largest absolute Gasteiger partial charge is 0.322 e. The SMILES string of the molecule is CC(C)c1cccc(C(C)C)c1NC(=O)N(CCCc1ccccc1)[C@H]1CC[C@H](c2ccccc2)CC1. The molecule has 1 N–H and O–H groups in total. The molecule has 0 unspecified atom stereocenters. The van der Waals surface area contributed by atoms with Gasteiger partial charge in [-0.05, 0) is 78.5 Å². The Morgan fingerprint density at radius 1 is 0.784 bits per heavy atom. The second kappa shape index (κ2) is 12.9. The lowest BCUT2D eigenvalue weighted by atomic mass is 9.81. The Balaban J connectivity index is 1.51. The molecule has 3 nitrogen and oxygen atoms in total. The van der Waals surface area contributed by atoms with Crippen LogP contribution in [-0.4, -0.2) is 23.5 Å². The highest BCUT2D eigenvalue weighted by Gasteiger charge is 2.30. The maximum absolute atomic E-state index is 14.0. The van der Waals surface area contributed by atoms with Gasteiger partial charge in [0, 0.05) is 18.3 Å². The summed E-state index contributed by atoms with van der Waals surface area (Å²) in [6.07, 6.45) is 6.35. The van der Waals surface area contributed by atoms with Crippen molar-refractivity contribution in [3.8, 4) is 0 Å². The number of carbonyl (C=O) groups is 1. The molecule has 0 radical (unpaired) electrons. The van der Waals surface area contributed by atoms with Crippen LogP contribution in [0, 0.1) is 0 Å². The van der Waals surface area contributed by atoms with Crippen molar-refractivity contribution >= 4 is 11.7 Å². The average molecular weight is 497 g/mol. The number of rotatable bonds is 9. The first-order chi connectivity index (χ1) is 17.9. The maximum Gasteiger partial charge on any atom is 0.322 e. The zero-order valence-corrected chi connectivity index (χ0v) is 23.1. The minimum Gasteiger partial charge on any atom is -0.322 e. The molecule has 0 heterocycles. The molecule has 196 valence electrons. The summed E-state index contributed by atoms with van der Waals surface area (Å²) in [7, 11) is 0. The van der Waals surface area contributed by atoms with Crippen LogP contribution in [0.15, 0.2) is 78.9 Å². The van der Waals surface area contributed by atoms with Crippen molar-refractivity contribution < 1.29 is 4.79 Å². The van der Waals surface area contributed by atoms with E-state index in [9.17, 15) is 4.79 Å². The van der Waals surface area contributed by atoms with Gasteiger partial charge < -0.3 is 10.2 Å². The second-order valence-corrected chi connectivity index (χ2v) is 11.2. The summed E-state index contributed by atoms with van der Waals surface area (Å²) in [4.78, 5) is 16.1. The predicted molar refractivity (Wildman–Crippen MR) is 157 cm³/mol. The first kappa shape index (κ1) is 27.0. The minimum atomic E-state index is 0.0613. The van der Waals surface area contributed by atoms with Crippen LogP contribution in [0.1, 0.15) is 99.8 Å². The van der Waals surface area contributed by atoms with Crippen LogP contribution in [0.5, 0.6) is 0 Å². The summed E-state index contributed by atoms with van der Waals surface area (Å²) in [6.45, 7) is 9.60. The number of anilines is 1. The molecule has 0 atom stereocenters. The lowest BCUT2D eigenvalue weighted by molar-refractivity contribution is 0.161. The third kappa shape index (κ3) is 7.03. The van der Waals surface area contributed by atoms with Gasteiger partial charge in [-0.25, -0.2) is 4.79 Å². The molecule has 1 aliphatic carbocycles. The molecular weight excluding hydrogens is 452 g/mol. The predicted octanol–water partition coefficient (Wildman–Crippen LogP) is 9.13. The van der Waals surface area contributed by atoms with E-state index in [1.807, 2.05) is 0 Å². The standard InChI is InChI=1S/C34H44N2O/c1-25(2)31-18-11-19-32(26(3)4)33(31)35-34(37)36(24-12-15-27-13-7-5-8-14-27)30-22-20-29(21-23-30)28-16-9-6-10-17-28/h5-11,13-14,16-19,25-26,29-30H,12,15,20-24H2,1-4H3,(H,35,37)/t29-,30-. The summed E-state index contributed by atoms with van der Waals surface area (Å²) in [5, 5.41) is 3.42. The van der Waals surface area contributed by atoms with Gasteiger partial charge in [-0.2, -0.15) is 0 Å². The number of hydrogen-bond donors (Lipinski definition) is 1. The molecule has 0 aliphatic heterocycles. The highest BCUT2D eigenvalue weighted by atomic mass is 16.2. The normalized spacial score (nSPS) is 17.7. The zero-order valence-electron chi connectivity index (χ0n) is 23.1. The van der Waals surface area contributed by atoms with E-state index in [0.717, 1.165) is 50.8 Å². The number of nitrogens with zero attached hydrogens (tertiary/aromatic N) is 1. The molecule has 1 saturated carbocycles. The summed E-state index contributed by atoms with van der Waals surface area (Å²) in [6, 6.07) is 28.3. The van der Waals surface area contributed by atoms with Gasteiger partial charge in [0.1, 0.15) is 0 Å². The Bertz CT molecular complexity index is 1090. The van der Waals surface area contributed by atoms with Crippen molar-refractivity contribution in [2.45, 2.75) is 90.0 Å². The van der Waals surface area contributed by atoms with E-state index in [2.05, 4.69) is 117 Å². The molecule has 2 amide bonds. The van der Waals surface area contributed by atoms with E-state index in [0.29, 0.717) is 17.8 Å². The van der Waals surface area contributed by atoms with E-state index >= 15 is 0 Å². The Morgan fingerprint density at radius 3 is 1.92 bits per heavy atom. The van der Waals surface area contributed by atoms with Gasteiger partial charge in [0.2, 0.25) is 0 Å². The van der Waals surface area contributed by atoms with Gasteiger partial charge in [0.05, 0.1) is 0 Å². The van der Waals surface area contributed by atoms with Gasteiger partial charge in [0.15, 0.2) is 0 Å². The van der Waals surface area contributed by atoms with Crippen LogP contribution >= 0.6 is 0 Å². The van der Waals surface area contributed by atoms with Crippen LogP contribution < -0.4 is 5.32 Å². The molecule has 0 bridgehead atoms. The van der Waals surface area contributed by atoms with Crippen molar-refractivity contribution in [1.29, 1.82) is 0 Å². The number of aryl methyl sites for hydroxylation is 1. The Hall–Kier alpha value is -3.07. The molecule has 1 fully saturated rings. The number of hydrogen-bond acceptors (Lipinski definition) is 1. The number of urea groups is 1. The van der Waals surface area contributed by atoms with Gasteiger partial charge >= 0.3 is 6.03 Å². The number of benzene rings is 3. The van der Waals surface area contributed by atoms with E-state index in [1.54, 1.807) is 0 Å². The zero-order chi connectivity index (χ0) is 26.2. The molecule has 37 heavy (non-hydrogen) atoms. The summed E-state index contributed by atoms with van der Waals surface area (Å²) in [5.41, 5.74) is 6.23. The van der Waals surface area contributed by atoms with Gasteiger partial charge in [-0.3, -0.25) is 0 Å². The number of para-hydroxylation sites is 1. The van der Waals surface area contributed by atoms with Crippen molar-refractivity contribution in [1.82, 2.24) is 4.90 Å². The molecule has 3 aromatic rings. The van der Waals surface area contributed by atoms with Crippen molar-refractivity contribution in [2.75, 3.05) is 11.9 Å². The lowest BCUT2D eigenvalue weighted by Gasteiger charge is -2.37. The fourth-order valence-corrected chi connectivity index (χ4v) is 5.87. The maximum atomic E-state index is 14.0. The molecule has 3 aromatic carbocycles. The smallest absolute Gasteiger partial charge is 0.322 e. The number of amides is 2. The Morgan fingerprint density at radius 2 is 1.35 bits per heavy atom. The topological polar surface area (TPSA) is 32.3 Å². The van der Waals surface area contributed by atoms with Crippen molar-refractivity contribution in [3.63, 3.8) is 0 Å². The molecular formula is C34H44N2O. The molecule has 1 aliphatic rings. The fraction of sp³-hybridized carbons (Fsp3) is 0.441. The summed E-state index contributed by atoms with van der Waals surface area (Å²) >= 11 is 0. The van der Waals surface area contributed by atoms with Crippen LogP contribution in [0.25, 0.3) is 0 Å². The molecule has 3 heteroatoms. The Kier molecular flexibility index (Phi) is 9.44. The average Bonchev–Trinajstić information content (AvgIpc) is 2.92. The van der Waals surface area contributed by atoms with Crippen LogP contribution in [0.4, 0.5) is 10.5 Å². The van der Waals surface area contributed by atoms with Crippen molar-refractivity contribution in [3.05, 3.63) is 101 Å². The third-order valence-corrected chi connectivity index (χ3v) is 7.98. The monoisotopic (exact) mass is 496 g/mol. The quantitative estimate of drug-likeness (QED) is 0.315. The van der Waals surface area contributed by atoms with Crippen molar-refractivity contribution in [2.24, 2.45) is 0 Å². The fourth-order valence-electron chi connectivity index (χ4n) is 5.87. The van der Waals surface area contributed by atoms with Gasteiger partial charge in [-0.15, -0.1) is 0 Å². The summed E-state index contributed by atoms with van der Waals surface area (Å²) < 4.78 is 0. The second-order valence-electron chi connectivity index (χ2n) is 11.2. The molecule has 0 aromatic heterocycles. The summed E-state index contributed by atoms with van der Waals surface area (Å²) in [5.74, 6) is 1.30. The van der Waals surface area contributed by atoms with Crippen LogP contribution in [-0.2, 0) is 6.42 Å². The molecule has 0 saturated heterocycles. The van der Waals surface area contributed by atoms with Gasteiger partial charge in [0.25, 0.3) is 0 Å². The first-order valence-electron chi connectivity index (χ1n) is 14.2. The van der Waals surface area contributed by atoms with E-state index in [1.165, 1.54) is 22.3 Å². The van der Waals surface area contributed by atoms with Crippen LogP contribution in [0.3, 0.4) is 0 Å². The Labute approximate surface area is 224 Å². The van der Waals surface area contributed by atoms with E-state index in [-0.39, 0.29) is 12.1 Å². The third-order valence-electron chi connectivity index (χ3n) is 7.98. The number of nitrogens with one attached hydrogen (secondary N) is 1. The molecule has 4 rings (SSSR count). The minimum absolute atomic E-state index is 0.0613. The van der Waals surface area contributed by atoms with Crippen LogP contribution in [0.2, 0.25) is 0 Å². The highest BCUT2D eigenvalue weighted by Crippen LogP contribution is 2.36. The van der Waals surface area contributed by atoms with Gasteiger partial charge in [-0.1, -0.05) is 107 Å². The number of carbonyl (C=O) groups excluding carboxylic acids is 1. The first-order valence-corrected chi connectivity index (χ1v) is 14.2. The van der Waals surface area contributed by atoms with E-state index in [4.69, 9.17) is 0 Å². The molecule has 0 spiro atoms. The lowest BCUT2D eigenvalue weighted by Crippen LogP contribution is -2.45. The highest BCUT2D eigenvalue weighted by molar-refractivity contribution is 5.91.